The number of hydrogen-bond donors (Lipinski definition) is 1. The number of carbonyl (C=O) groups excluding carboxylic acids is 1. The van der Waals surface area contributed by atoms with Gasteiger partial charge in [0.2, 0.25) is 0 Å². The van der Waals surface area contributed by atoms with Gasteiger partial charge in [-0.05, 0) is 25.2 Å². The largest absolute Gasteiger partial charge is 0.367 e. The van der Waals surface area contributed by atoms with E-state index in [2.05, 4.69) is 15.6 Å². The molecule has 4 rings (SSSR count). The Balaban J connectivity index is 1.51. The number of halogens is 2. The molecule has 9 heteroatoms. The van der Waals surface area contributed by atoms with Crippen LogP contribution in [0.25, 0.3) is 0 Å². The molecule has 1 saturated heterocycles. The van der Waals surface area contributed by atoms with Crippen molar-refractivity contribution < 1.29 is 18.1 Å². The van der Waals surface area contributed by atoms with E-state index in [-0.39, 0.29) is 35.6 Å². The summed E-state index contributed by atoms with van der Waals surface area (Å²) in [5, 5.41) is 11.9. The fourth-order valence-electron chi connectivity index (χ4n) is 4.60. The maximum atomic E-state index is 14.0. The summed E-state index contributed by atoms with van der Waals surface area (Å²) in [7, 11) is 0. The molecule has 0 aromatic carbocycles. The van der Waals surface area contributed by atoms with E-state index >= 15 is 0 Å². The quantitative estimate of drug-likeness (QED) is 0.723. The van der Waals surface area contributed by atoms with E-state index in [1.165, 1.54) is 4.68 Å². The fraction of sp³-hybridized carbons (Fsp3) is 0.696. The Hall–Kier alpha value is -2.45. The van der Waals surface area contributed by atoms with Gasteiger partial charge < -0.3 is 14.7 Å². The van der Waals surface area contributed by atoms with Crippen LogP contribution in [0.5, 0.6) is 0 Å². The lowest BCUT2D eigenvalue weighted by Gasteiger charge is -2.41. The second kappa shape index (κ2) is 8.48. The van der Waals surface area contributed by atoms with Gasteiger partial charge in [-0.2, -0.15) is 5.10 Å². The SMILES string of the molecule is CC(C)c1cc(C(=O)N2CCC[C@H]([C@@H]3C[C@H](C(F)F)n4nc(C(C)(C)C)cc4N3)C2)no1. The predicted octanol–water partition coefficient (Wildman–Crippen LogP) is 4.83. The molecule has 0 saturated carbocycles. The summed E-state index contributed by atoms with van der Waals surface area (Å²) >= 11 is 0. The van der Waals surface area contributed by atoms with Gasteiger partial charge in [-0.15, -0.1) is 0 Å². The molecule has 2 aliphatic rings. The Morgan fingerprint density at radius 3 is 2.66 bits per heavy atom. The van der Waals surface area contributed by atoms with Crippen LogP contribution in [0.2, 0.25) is 0 Å². The Kier molecular flexibility index (Phi) is 6.02. The maximum Gasteiger partial charge on any atom is 0.276 e. The van der Waals surface area contributed by atoms with E-state index in [9.17, 15) is 13.6 Å². The standard InChI is InChI=1S/C23H33F2N5O2/c1-13(2)18-10-16(28-32-18)22(31)29-8-6-7-14(12-29)15-9-17(21(24)25)30-20(26-15)11-19(27-30)23(3,4)5/h10-11,13-15,17,21,26H,6-9,12H2,1-5H3/t14-,15-,17+/m0/s1. The molecule has 2 aliphatic heterocycles. The molecule has 0 radical (unpaired) electrons. The number of piperidine rings is 1. The second-order valence-corrected chi connectivity index (χ2v) is 10.4. The minimum atomic E-state index is -2.50. The summed E-state index contributed by atoms with van der Waals surface area (Å²) in [6, 6.07) is 2.47. The minimum absolute atomic E-state index is 0.0761. The Labute approximate surface area is 187 Å². The summed E-state index contributed by atoms with van der Waals surface area (Å²) in [6.45, 7) is 11.2. The van der Waals surface area contributed by atoms with Crippen LogP contribution in [-0.2, 0) is 5.41 Å². The third kappa shape index (κ3) is 4.38. The lowest BCUT2D eigenvalue weighted by atomic mass is 9.85. The first-order chi connectivity index (χ1) is 15.0. The molecular weight excluding hydrogens is 416 g/mol. The topological polar surface area (TPSA) is 76.2 Å². The third-order valence-electron chi connectivity index (χ3n) is 6.57. The Bertz CT molecular complexity index is 962. The highest BCUT2D eigenvalue weighted by Gasteiger charge is 2.40. The molecule has 3 atom stereocenters. The van der Waals surface area contributed by atoms with Gasteiger partial charge in [0, 0.05) is 42.6 Å². The van der Waals surface area contributed by atoms with E-state index < -0.39 is 12.5 Å². The fourth-order valence-corrected chi connectivity index (χ4v) is 4.60. The molecule has 0 unspecified atom stereocenters. The monoisotopic (exact) mass is 449 g/mol. The van der Waals surface area contributed by atoms with Crippen molar-refractivity contribution in [3.8, 4) is 0 Å². The molecule has 32 heavy (non-hydrogen) atoms. The number of rotatable bonds is 4. The van der Waals surface area contributed by atoms with Gasteiger partial charge in [0.25, 0.3) is 12.3 Å². The van der Waals surface area contributed by atoms with Gasteiger partial charge in [-0.25, -0.2) is 13.5 Å². The minimum Gasteiger partial charge on any atom is -0.367 e. The zero-order chi connectivity index (χ0) is 23.2. The molecule has 1 amide bonds. The van der Waals surface area contributed by atoms with Crippen LogP contribution in [0.4, 0.5) is 14.6 Å². The highest BCUT2D eigenvalue weighted by Crippen LogP contribution is 2.38. The van der Waals surface area contributed by atoms with Crippen molar-refractivity contribution in [3.05, 3.63) is 29.3 Å². The normalized spacial score (nSPS) is 24.0. The zero-order valence-corrected chi connectivity index (χ0v) is 19.4. The van der Waals surface area contributed by atoms with Gasteiger partial charge in [-0.1, -0.05) is 39.8 Å². The number of nitrogens with one attached hydrogen (secondary N) is 1. The Morgan fingerprint density at radius 2 is 2.03 bits per heavy atom. The molecule has 176 valence electrons. The van der Waals surface area contributed by atoms with E-state index in [0.29, 0.717) is 30.4 Å². The van der Waals surface area contributed by atoms with Crippen LogP contribution >= 0.6 is 0 Å². The van der Waals surface area contributed by atoms with Gasteiger partial charge in [0.15, 0.2) is 5.69 Å². The Morgan fingerprint density at radius 1 is 1.28 bits per heavy atom. The number of aromatic nitrogens is 3. The predicted molar refractivity (Wildman–Crippen MR) is 117 cm³/mol. The van der Waals surface area contributed by atoms with Crippen molar-refractivity contribution in [2.45, 2.75) is 83.7 Å². The van der Waals surface area contributed by atoms with Gasteiger partial charge in [0.05, 0.1) is 5.69 Å². The second-order valence-electron chi connectivity index (χ2n) is 10.4. The van der Waals surface area contributed by atoms with E-state index in [1.54, 1.807) is 11.0 Å². The van der Waals surface area contributed by atoms with Crippen molar-refractivity contribution in [1.82, 2.24) is 19.8 Å². The molecule has 4 heterocycles. The van der Waals surface area contributed by atoms with Gasteiger partial charge >= 0.3 is 0 Å². The van der Waals surface area contributed by atoms with Crippen molar-refractivity contribution >= 4 is 11.7 Å². The number of anilines is 1. The molecule has 0 bridgehead atoms. The van der Waals surface area contributed by atoms with Gasteiger partial charge in [-0.3, -0.25) is 4.79 Å². The van der Waals surface area contributed by atoms with E-state index in [1.807, 2.05) is 40.7 Å². The maximum absolute atomic E-state index is 14.0. The first kappa shape index (κ1) is 22.7. The van der Waals surface area contributed by atoms with Crippen molar-refractivity contribution in [1.29, 1.82) is 0 Å². The molecular formula is C23H33F2N5O2. The van der Waals surface area contributed by atoms with Crippen molar-refractivity contribution in [2.75, 3.05) is 18.4 Å². The summed E-state index contributed by atoms with van der Waals surface area (Å²) in [5.41, 5.74) is 0.873. The van der Waals surface area contributed by atoms with Crippen molar-refractivity contribution in [3.63, 3.8) is 0 Å². The third-order valence-corrected chi connectivity index (χ3v) is 6.57. The lowest BCUT2D eigenvalue weighted by Crippen LogP contribution is -2.48. The van der Waals surface area contributed by atoms with Gasteiger partial charge in [0.1, 0.15) is 17.6 Å². The molecule has 2 aromatic rings. The number of fused-ring (bicyclic) bond motifs is 1. The molecule has 2 aromatic heterocycles. The van der Waals surface area contributed by atoms with Crippen LogP contribution in [0.3, 0.4) is 0 Å². The summed E-state index contributed by atoms with van der Waals surface area (Å²) in [4.78, 5) is 14.8. The van der Waals surface area contributed by atoms with Crippen LogP contribution in [0, 0.1) is 5.92 Å². The van der Waals surface area contributed by atoms with Crippen LogP contribution in [0.15, 0.2) is 16.7 Å². The van der Waals surface area contributed by atoms with Crippen LogP contribution in [-0.4, -0.2) is 51.3 Å². The molecule has 0 aliphatic carbocycles. The average molecular weight is 450 g/mol. The van der Waals surface area contributed by atoms with E-state index in [4.69, 9.17) is 4.52 Å². The number of amides is 1. The van der Waals surface area contributed by atoms with Crippen LogP contribution < -0.4 is 5.32 Å². The molecule has 1 fully saturated rings. The number of alkyl halides is 2. The number of hydrogen-bond acceptors (Lipinski definition) is 5. The summed E-state index contributed by atoms with van der Waals surface area (Å²) in [5.74, 6) is 1.38. The average Bonchev–Trinajstić information content (AvgIpc) is 3.39. The molecule has 0 spiro atoms. The number of nitrogens with zero attached hydrogens (tertiary/aromatic N) is 4. The van der Waals surface area contributed by atoms with Crippen LogP contribution in [0.1, 0.15) is 87.8 Å². The van der Waals surface area contributed by atoms with Crippen molar-refractivity contribution in [2.24, 2.45) is 5.92 Å². The first-order valence-corrected chi connectivity index (χ1v) is 11.4. The highest BCUT2D eigenvalue weighted by molar-refractivity contribution is 5.92. The zero-order valence-electron chi connectivity index (χ0n) is 19.4. The number of carbonyl (C=O) groups is 1. The summed E-state index contributed by atoms with van der Waals surface area (Å²) < 4.78 is 34.7. The molecule has 1 N–H and O–H groups in total. The summed E-state index contributed by atoms with van der Waals surface area (Å²) in [6.07, 6.45) is -0.510. The highest BCUT2D eigenvalue weighted by atomic mass is 19.3. The first-order valence-electron chi connectivity index (χ1n) is 11.4. The smallest absolute Gasteiger partial charge is 0.276 e. The molecule has 7 nitrogen and oxygen atoms in total. The lowest BCUT2D eigenvalue weighted by molar-refractivity contribution is 0.0500. The number of likely N-dealkylation sites (tertiary alicyclic amines) is 1. The van der Waals surface area contributed by atoms with E-state index in [0.717, 1.165) is 18.5 Å².